The SMILES string of the molecule is COc1cc(-c2cnc3c(n2)c(-c2ccc(C(=O)N(C)C[C@@H](C)O)cc2)cn3S(=O)(=O)Cc2ccccc2)cc2c1CN(C)CC2. The van der Waals surface area contributed by atoms with Crippen molar-refractivity contribution in [2.24, 2.45) is 0 Å². The minimum absolute atomic E-state index is 0.204. The Labute approximate surface area is 269 Å². The number of aliphatic hydroxyl groups excluding tert-OH is 1. The summed E-state index contributed by atoms with van der Waals surface area (Å²) in [4.78, 5) is 26.3. The van der Waals surface area contributed by atoms with Crippen LogP contribution in [-0.4, -0.2) is 83.6 Å². The molecule has 0 bridgehead atoms. The number of benzene rings is 3. The van der Waals surface area contributed by atoms with Crippen LogP contribution in [0.3, 0.4) is 0 Å². The summed E-state index contributed by atoms with van der Waals surface area (Å²) in [7, 11) is 1.52. The van der Waals surface area contributed by atoms with Crippen molar-refractivity contribution in [3.63, 3.8) is 0 Å². The molecule has 0 aliphatic carbocycles. The fraction of sp³-hybridized carbons (Fsp3) is 0.286. The van der Waals surface area contributed by atoms with Gasteiger partial charge in [-0.15, -0.1) is 0 Å². The van der Waals surface area contributed by atoms with E-state index in [1.165, 1.54) is 14.4 Å². The highest BCUT2D eigenvalue weighted by atomic mass is 32.2. The summed E-state index contributed by atoms with van der Waals surface area (Å²) in [6, 6.07) is 20.0. The molecule has 0 unspecified atom stereocenters. The summed E-state index contributed by atoms with van der Waals surface area (Å²) >= 11 is 0. The van der Waals surface area contributed by atoms with Crippen LogP contribution in [0.4, 0.5) is 0 Å². The van der Waals surface area contributed by atoms with E-state index in [2.05, 4.69) is 23.0 Å². The molecule has 10 nitrogen and oxygen atoms in total. The van der Waals surface area contributed by atoms with Gasteiger partial charge in [-0.25, -0.2) is 22.4 Å². The molecule has 0 saturated carbocycles. The molecule has 1 aliphatic rings. The van der Waals surface area contributed by atoms with Gasteiger partial charge in [0.1, 0.15) is 11.3 Å². The lowest BCUT2D eigenvalue weighted by atomic mass is 9.95. The lowest BCUT2D eigenvalue weighted by molar-refractivity contribution is 0.0703. The van der Waals surface area contributed by atoms with Crippen LogP contribution in [0.1, 0.15) is 34.0 Å². The molecule has 6 rings (SSSR count). The van der Waals surface area contributed by atoms with Gasteiger partial charge >= 0.3 is 0 Å². The third-order valence-electron chi connectivity index (χ3n) is 8.29. The van der Waals surface area contributed by atoms with Crippen molar-refractivity contribution >= 4 is 27.1 Å². The highest BCUT2D eigenvalue weighted by Crippen LogP contribution is 2.36. The van der Waals surface area contributed by atoms with E-state index >= 15 is 0 Å². The monoisotopic (exact) mass is 639 g/mol. The fourth-order valence-corrected chi connectivity index (χ4v) is 7.38. The number of hydrogen-bond donors (Lipinski definition) is 1. The van der Waals surface area contributed by atoms with Gasteiger partial charge < -0.3 is 19.6 Å². The van der Waals surface area contributed by atoms with Crippen LogP contribution in [0.15, 0.2) is 79.1 Å². The van der Waals surface area contributed by atoms with Crippen LogP contribution in [0, 0.1) is 0 Å². The first-order valence-electron chi connectivity index (χ1n) is 15.1. The molecule has 0 radical (unpaired) electrons. The van der Waals surface area contributed by atoms with Crippen molar-refractivity contribution in [1.82, 2.24) is 23.7 Å². The Kier molecular flexibility index (Phi) is 8.65. The number of aromatic nitrogens is 3. The number of aliphatic hydroxyl groups is 1. The molecule has 11 heteroatoms. The normalized spacial score (nSPS) is 14.2. The number of likely N-dealkylation sites (N-methyl/N-ethyl adjacent to an activating group) is 2. The number of ether oxygens (including phenoxy) is 1. The van der Waals surface area contributed by atoms with Crippen LogP contribution in [0.5, 0.6) is 5.75 Å². The first-order valence-corrected chi connectivity index (χ1v) is 16.7. The molecule has 0 spiro atoms. The Morgan fingerprint density at radius 1 is 1.09 bits per heavy atom. The maximum Gasteiger partial charge on any atom is 0.253 e. The molecule has 1 aliphatic heterocycles. The van der Waals surface area contributed by atoms with E-state index in [1.54, 1.807) is 69.9 Å². The zero-order valence-corrected chi connectivity index (χ0v) is 27.2. The molecule has 1 atom stereocenters. The van der Waals surface area contributed by atoms with Gasteiger partial charge in [0.2, 0.25) is 10.0 Å². The summed E-state index contributed by atoms with van der Waals surface area (Å²) in [5, 5.41) is 9.71. The standard InChI is InChI=1S/C35H37N5O5S/c1-23(41)19-39(3)35(42)26-12-10-25(11-13-26)30-21-40(46(43,44)22-24-8-6-5-7-9-24)34-33(30)37-31(18-36-34)28-16-27-14-15-38(2)20-29(27)32(17-28)45-4/h5-13,16-18,21,23,41H,14-15,19-20,22H2,1-4H3/t23-/m1/s1. The number of nitrogens with zero attached hydrogens (tertiary/aromatic N) is 5. The highest BCUT2D eigenvalue weighted by molar-refractivity contribution is 7.89. The molecule has 3 aromatic carbocycles. The maximum atomic E-state index is 13.8. The average Bonchev–Trinajstić information content (AvgIpc) is 3.44. The number of fused-ring (bicyclic) bond motifs is 2. The minimum atomic E-state index is -3.87. The molecule has 238 valence electrons. The zero-order valence-electron chi connectivity index (χ0n) is 26.3. The predicted molar refractivity (Wildman–Crippen MR) is 178 cm³/mol. The summed E-state index contributed by atoms with van der Waals surface area (Å²) in [5.74, 6) is 0.347. The Bertz CT molecular complexity index is 1990. The van der Waals surface area contributed by atoms with Gasteiger partial charge in [-0.2, -0.15) is 0 Å². The zero-order chi connectivity index (χ0) is 32.6. The number of hydrogen-bond acceptors (Lipinski definition) is 8. The van der Waals surface area contributed by atoms with E-state index in [-0.39, 0.29) is 23.9 Å². The van der Waals surface area contributed by atoms with Crippen molar-refractivity contribution < 1.29 is 23.1 Å². The second kappa shape index (κ2) is 12.7. The van der Waals surface area contributed by atoms with Crippen molar-refractivity contribution in [3.8, 4) is 28.1 Å². The van der Waals surface area contributed by atoms with Crippen molar-refractivity contribution in [2.45, 2.75) is 31.7 Å². The van der Waals surface area contributed by atoms with Gasteiger partial charge in [-0.1, -0.05) is 42.5 Å². The van der Waals surface area contributed by atoms with Gasteiger partial charge in [0.25, 0.3) is 5.91 Å². The van der Waals surface area contributed by atoms with Crippen molar-refractivity contribution in [2.75, 3.05) is 34.3 Å². The van der Waals surface area contributed by atoms with E-state index < -0.39 is 16.1 Å². The number of rotatable bonds is 9. The van der Waals surface area contributed by atoms with Crippen molar-refractivity contribution in [1.29, 1.82) is 0 Å². The number of methoxy groups -OCH3 is 1. The first kappa shape index (κ1) is 31.4. The number of amides is 1. The third kappa shape index (κ3) is 6.26. The molecule has 5 aromatic rings. The quantitative estimate of drug-likeness (QED) is 0.249. The number of carbonyl (C=O) groups excluding carboxylic acids is 1. The van der Waals surface area contributed by atoms with Gasteiger partial charge in [0, 0.05) is 55.1 Å². The highest BCUT2D eigenvalue weighted by Gasteiger charge is 2.25. The Hall–Kier alpha value is -4.58. The fourth-order valence-electron chi connectivity index (χ4n) is 5.97. The van der Waals surface area contributed by atoms with Crippen molar-refractivity contribution in [3.05, 3.63) is 101 Å². The molecule has 1 N–H and O–H groups in total. The molecule has 0 fully saturated rings. The molecular formula is C35H37N5O5S. The maximum absolute atomic E-state index is 13.8. The Morgan fingerprint density at radius 2 is 1.83 bits per heavy atom. The van der Waals surface area contributed by atoms with E-state index in [0.29, 0.717) is 33.5 Å². The molecule has 3 heterocycles. The molecular weight excluding hydrogens is 602 g/mol. The molecule has 1 amide bonds. The first-order chi connectivity index (χ1) is 22.0. The van der Waals surface area contributed by atoms with Gasteiger partial charge in [0.15, 0.2) is 5.65 Å². The molecule has 46 heavy (non-hydrogen) atoms. The number of carbonyl (C=O) groups is 1. The largest absolute Gasteiger partial charge is 0.496 e. The average molecular weight is 640 g/mol. The van der Waals surface area contributed by atoms with Gasteiger partial charge in [-0.3, -0.25) is 4.79 Å². The van der Waals surface area contributed by atoms with Crippen LogP contribution in [0.2, 0.25) is 0 Å². The molecule has 0 saturated heterocycles. The van der Waals surface area contributed by atoms with Crippen LogP contribution < -0.4 is 4.74 Å². The minimum Gasteiger partial charge on any atom is -0.496 e. The van der Waals surface area contributed by atoms with E-state index in [0.717, 1.165) is 36.4 Å². The van der Waals surface area contributed by atoms with Crippen LogP contribution in [-0.2, 0) is 28.7 Å². The topological polar surface area (TPSA) is 118 Å². The predicted octanol–water partition coefficient (Wildman–Crippen LogP) is 4.59. The van der Waals surface area contributed by atoms with Crippen LogP contribution in [0.25, 0.3) is 33.5 Å². The summed E-state index contributed by atoms with van der Waals surface area (Å²) < 4.78 is 34.6. The van der Waals surface area contributed by atoms with E-state index in [4.69, 9.17) is 9.72 Å². The van der Waals surface area contributed by atoms with E-state index in [9.17, 15) is 18.3 Å². The summed E-state index contributed by atoms with van der Waals surface area (Å²) in [6.07, 6.45) is 3.40. The third-order valence-corrected chi connectivity index (χ3v) is 9.87. The second-order valence-electron chi connectivity index (χ2n) is 11.9. The van der Waals surface area contributed by atoms with Crippen LogP contribution >= 0.6 is 0 Å². The summed E-state index contributed by atoms with van der Waals surface area (Å²) in [6.45, 7) is 3.56. The summed E-state index contributed by atoms with van der Waals surface area (Å²) in [5.41, 5.74) is 6.79. The molecule has 2 aromatic heterocycles. The van der Waals surface area contributed by atoms with E-state index in [1.807, 2.05) is 24.3 Å². The Morgan fingerprint density at radius 3 is 2.52 bits per heavy atom. The lowest BCUT2D eigenvalue weighted by Gasteiger charge is -2.27. The second-order valence-corrected chi connectivity index (χ2v) is 13.8. The van der Waals surface area contributed by atoms with Gasteiger partial charge in [0.05, 0.1) is 30.9 Å². The Balaban J connectivity index is 1.46. The smallest absolute Gasteiger partial charge is 0.253 e. The van der Waals surface area contributed by atoms with Gasteiger partial charge in [-0.05, 0) is 61.3 Å². The lowest BCUT2D eigenvalue weighted by Crippen LogP contribution is -2.32.